The van der Waals surface area contributed by atoms with Gasteiger partial charge in [0.2, 0.25) is 0 Å². The summed E-state index contributed by atoms with van der Waals surface area (Å²) < 4.78 is 2.20. The molecule has 0 amide bonds. The molecule has 3 heteroatoms. The van der Waals surface area contributed by atoms with Gasteiger partial charge in [-0.1, -0.05) is 26.7 Å². The molecule has 2 rings (SSSR count). The summed E-state index contributed by atoms with van der Waals surface area (Å²) in [5.74, 6) is 2.43. The first-order valence-electron chi connectivity index (χ1n) is 8.84. The van der Waals surface area contributed by atoms with Crippen molar-refractivity contribution in [2.24, 2.45) is 17.8 Å². The smallest absolute Gasteiger partial charge is 0.0596 e. The number of aryl methyl sites for hydroxylation is 2. The third-order valence-electron chi connectivity index (χ3n) is 4.78. The molecule has 0 radical (unpaired) electrons. The highest BCUT2D eigenvalue weighted by Crippen LogP contribution is 2.32. The van der Waals surface area contributed by atoms with Crippen molar-refractivity contribution in [3.8, 4) is 0 Å². The molecule has 1 saturated carbocycles. The van der Waals surface area contributed by atoms with Crippen molar-refractivity contribution in [1.29, 1.82) is 0 Å². The van der Waals surface area contributed by atoms with Crippen molar-refractivity contribution in [3.05, 3.63) is 17.5 Å². The van der Waals surface area contributed by atoms with Gasteiger partial charge < -0.3 is 5.32 Å². The zero-order valence-electron chi connectivity index (χ0n) is 14.4. The minimum atomic E-state index is 0.746. The molecule has 1 aromatic rings. The minimum Gasteiger partial charge on any atom is -0.316 e. The molecule has 1 aromatic heterocycles. The summed E-state index contributed by atoms with van der Waals surface area (Å²) in [7, 11) is 0. The average Bonchev–Trinajstić information content (AvgIpc) is 2.80. The van der Waals surface area contributed by atoms with E-state index in [0.717, 1.165) is 36.5 Å². The molecule has 0 bridgehead atoms. The van der Waals surface area contributed by atoms with Crippen LogP contribution in [0, 0.1) is 24.7 Å². The Balaban J connectivity index is 1.94. The van der Waals surface area contributed by atoms with Crippen LogP contribution in [0.4, 0.5) is 0 Å². The third kappa shape index (κ3) is 4.84. The predicted octanol–water partition coefficient (Wildman–Crippen LogP) is 3.81. The molecular weight excluding hydrogens is 258 g/mol. The molecule has 1 fully saturated rings. The molecule has 1 aliphatic carbocycles. The Kier molecular flexibility index (Phi) is 6.28. The molecule has 2 unspecified atom stereocenters. The van der Waals surface area contributed by atoms with Crippen molar-refractivity contribution in [2.75, 3.05) is 13.1 Å². The number of nitrogens with one attached hydrogen (secondary N) is 1. The largest absolute Gasteiger partial charge is 0.316 e. The molecule has 1 aliphatic rings. The fourth-order valence-corrected chi connectivity index (χ4v) is 3.69. The van der Waals surface area contributed by atoms with Crippen molar-refractivity contribution < 1.29 is 0 Å². The van der Waals surface area contributed by atoms with E-state index in [4.69, 9.17) is 0 Å². The Morgan fingerprint density at radius 1 is 1.29 bits per heavy atom. The van der Waals surface area contributed by atoms with E-state index in [1.54, 1.807) is 0 Å². The normalized spacial score (nSPS) is 22.9. The lowest BCUT2D eigenvalue weighted by Crippen LogP contribution is -2.33. The lowest BCUT2D eigenvalue weighted by Gasteiger charge is -2.32. The zero-order valence-corrected chi connectivity index (χ0v) is 14.4. The molecule has 21 heavy (non-hydrogen) atoms. The Labute approximate surface area is 130 Å². The van der Waals surface area contributed by atoms with E-state index in [2.05, 4.69) is 48.9 Å². The summed E-state index contributed by atoms with van der Waals surface area (Å²) >= 11 is 0. The second-order valence-corrected chi connectivity index (χ2v) is 7.15. The first kappa shape index (κ1) is 16.5. The third-order valence-corrected chi connectivity index (χ3v) is 4.78. The topological polar surface area (TPSA) is 29.9 Å². The molecule has 0 aromatic carbocycles. The van der Waals surface area contributed by atoms with Gasteiger partial charge in [-0.15, -0.1) is 0 Å². The quantitative estimate of drug-likeness (QED) is 0.828. The van der Waals surface area contributed by atoms with E-state index in [-0.39, 0.29) is 0 Å². The van der Waals surface area contributed by atoms with E-state index in [1.165, 1.54) is 44.3 Å². The van der Waals surface area contributed by atoms with Gasteiger partial charge in [0.05, 0.1) is 5.69 Å². The lowest BCUT2D eigenvalue weighted by molar-refractivity contribution is 0.223. The van der Waals surface area contributed by atoms with E-state index in [0.29, 0.717) is 0 Å². The van der Waals surface area contributed by atoms with Gasteiger partial charge in [-0.25, -0.2) is 0 Å². The van der Waals surface area contributed by atoms with Gasteiger partial charge in [-0.05, 0) is 70.0 Å². The molecule has 1 N–H and O–H groups in total. The van der Waals surface area contributed by atoms with Gasteiger partial charge in [0.15, 0.2) is 0 Å². The van der Waals surface area contributed by atoms with Crippen molar-refractivity contribution in [3.63, 3.8) is 0 Å². The highest BCUT2D eigenvalue weighted by molar-refractivity contribution is 5.10. The average molecular weight is 291 g/mol. The number of hydrogen-bond donors (Lipinski definition) is 1. The summed E-state index contributed by atoms with van der Waals surface area (Å²) in [4.78, 5) is 0. The van der Waals surface area contributed by atoms with E-state index >= 15 is 0 Å². The molecule has 1 heterocycles. The van der Waals surface area contributed by atoms with Crippen LogP contribution in [0.25, 0.3) is 0 Å². The standard InChI is InChI=1S/C18H33N3/c1-5-21-18(10-15(4)20-21)11-16-8-6-7-9-17(16)13-19-12-14(2)3/h10,14,16-17,19H,5-9,11-13H2,1-4H3. The lowest BCUT2D eigenvalue weighted by atomic mass is 9.76. The van der Waals surface area contributed by atoms with Crippen LogP contribution in [0.3, 0.4) is 0 Å². The van der Waals surface area contributed by atoms with Gasteiger partial charge in [0, 0.05) is 12.2 Å². The van der Waals surface area contributed by atoms with Crippen LogP contribution < -0.4 is 5.32 Å². The first-order valence-corrected chi connectivity index (χ1v) is 8.84. The molecule has 120 valence electrons. The maximum Gasteiger partial charge on any atom is 0.0596 e. The summed E-state index contributed by atoms with van der Waals surface area (Å²) in [6.45, 7) is 12.2. The van der Waals surface area contributed by atoms with Gasteiger partial charge in [-0.2, -0.15) is 5.10 Å². The van der Waals surface area contributed by atoms with Crippen LogP contribution in [0.1, 0.15) is 57.8 Å². The van der Waals surface area contributed by atoms with E-state index < -0.39 is 0 Å². The van der Waals surface area contributed by atoms with Crippen LogP contribution in [-0.4, -0.2) is 22.9 Å². The maximum atomic E-state index is 4.61. The zero-order chi connectivity index (χ0) is 15.2. The Bertz CT molecular complexity index is 422. The fraction of sp³-hybridized carbons (Fsp3) is 0.833. The number of hydrogen-bond acceptors (Lipinski definition) is 2. The van der Waals surface area contributed by atoms with Crippen LogP contribution in [0.15, 0.2) is 6.07 Å². The van der Waals surface area contributed by atoms with E-state index in [9.17, 15) is 0 Å². The molecule has 0 saturated heterocycles. The van der Waals surface area contributed by atoms with Crippen molar-refractivity contribution in [2.45, 2.75) is 66.3 Å². The first-order chi connectivity index (χ1) is 10.1. The van der Waals surface area contributed by atoms with Crippen molar-refractivity contribution in [1.82, 2.24) is 15.1 Å². The Morgan fingerprint density at radius 2 is 2.00 bits per heavy atom. The Hall–Kier alpha value is -0.830. The summed E-state index contributed by atoms with van der Waals surface area (Å²) in [6.07, 6.45) is 6.82. The highest BCUT2D eigenvalue weighted by Gasteiger charge is 2.26. The van der Waals surface area contributed by atoms with Gasteiger partial charge in [-0.3, -0.25) is 4.68 Å². The van der Waals surface area contributed by atoms with Gasteiger partial charge in [0.25, 0.3) is 0 Å². The highest BCUT2D eigenvalue weighted by atomic mass is 15.3. The second-order valence-electron chi connectivity index (χ2n) is 7.15. The summed E-state index contributed by atoms with van der Waals surface area (Å²) in [6, 6.07) is 2.29. The molecular formula is C18H33N3. The summed E-state index contributed by atoms with van der Waals surface area (Å²) in [5, 5.41) is 8.29. The monoisotopic (exact) mass is 291 g/mol. The fourth-order valence-electron chi connectivity index (χ4n) is 3.69. The minimum absolute atomic E-state index is 0.746. The number of nitrogens with zero attached hydrogens (tertiary/aromatic N) is 2. The van der Waals surface area contributed by atoms with Crippen LogP contribution in [0.2, 0.25) is 0 Å². The van der Waals surface area contributed by atoms with Crippen LogP contribution >= 0.6 is 0 Å². The Morgan fingerprint density at radius 3 is 2.67 bits per heavy atom. The summed E-state index contributed by atoms with van der Waals surface area (Å²) in [5.41, 5.74) is 2.60. The van der Waals surface area contributed by atoms with Gasteiger partial charge >= 0.3 is 0 Å². The maximum absolute atomic E-state index is 4.61. The molecule has 2 atom stereocenters. The van der Waals surface area contributed by atoms with Crippen LogP contribution in [0.5, 0.6) is 0 Å². The SMILES string of the molecule is CCn1nc(C)cc1CC1CCCCC1CNCC(C)C. The van der Waals surface area contributed by atoms with Crippen LogP contribution in [-0.2, 0) is 13.0 Å². The molecule has 3 nitrogen and oxygen atoms in total. The molecule has 0 spiro atoms. The predicted molar refractivity (Wildman–Crippen MR) is 89.5 cm³/mol. The van der Waals surface area contributed by atoms with Crippen molar-refractivity contribution >= 4 is 0 Å². The van der Waals surface area contributed by atoms with Gasteiger partial charge in [0.1, 0.15) is 0 Å². The number of rotatable bonds is 7. The molecule has 0 aliphatic heterocycles. The number of aromatic nitrogens is 2. The second kappa shape index (κ2) is 7.98. The van der Waals surface area contributed by atoms with E-state index in [1.807, 2.05) is 0 Å².